The average Bonchev–Trinajstić information content (AvgIpc) is 3.12. The summed E-state index contributed by atoms with van der Waals surface area (Å²) >= 11 is 0. The van der Waals surface area contributed by atoms with Gasteiger partial charge in [0.1, 0.15) is 23.1 Å². The molecule has 236 valence electrons. The lowest BCUT2D eigenvalue weighted by atomic mass is 10.1. The van der Waals surface area contributed by atoms with E-state index < -0.39 is 0 Å². The van der Waals surface area contributed by atoms with Crippen molar-refractivity contribution < 1.29 is 14.2 Å². The zero-order chi connectivity index (χ0) is 32.6. The van der Waals surface area contributed by atoms with Gasteiger partial charge in [0.15, 0.2) is 5.82 Å². The normalized spacial score (nSPS) is 10.7. The molecule has 0 bridgehead atoms. The van der Waals surface area contributed by atoms with E-state index in [9.17, 15) is 0 Å². The molecule has 6 aromatic rings. The summed E-state index contributed by atoms with van der Waals surface area (Å²) in [5.74, 6) is 4.23. The molecule has 0 fully saturated rings. The van der Waals surface area contributed by atoms with Gasteiger partial charge in [-0.25, -0.2) is 15.0 Å². The second-order valence-electron chi connectivity index (χ2n) is 10.6. The number of ether oxygens (including phenoxy) is 3. The predicted molar refractivity (Wildman–Crippen MR) is 181 cm³/mol. The van der Waals surface area contributed by atoms with Gasteiger partial charge in [-0.2, -0.15) is 9.97 Å². The third-order valence-corrected chi connectivity index (χ3v) is 7.38. The number of rotatable bonds is 12. The fourth-order valence-corrected chi connectivity index (χ4v) is 4.95. The average molecular weight is 627 g/mol. The summed E-state index contributed by atoms with van der Waals surface area (Å²) in [6, 6.07) is 27.4. The number of aryl methyl sites for hydroxylation is 1. The van der Waals surface area contributed by atoms with Gasteiger partial charge >= 0.3 is 0 Å². The van der Waals surface area contributed by atoms with E-state index in [2.05, 4.69) is 20.2 Å². The number of methoxy groups -OCH3 is 3. The van der Waals surface area contributed by atoms with Gasteiger partial charge in [-0.3, -0.25) is 4.98 Å². The second kappa shape index (κ2) is 14.3. The molecule has 0 saturated heterocycles. The Labute approximate surface area is 273 Å². The monoisotopic (exact) mass is 626 g/mol. The van der Waals surface area contributed by atoms with Crippen LogP contribution in [0.3, 0.4) is 0 Å². The molecular weight excluding hydrogens is 592 g/mol. The molecule has 11 nitrogen and oxygen atoms in total. The van der Waals surface area contributed by atoms with E-state index in [-0.39, 0.29) is 0 Å². The van der Waals surface area contributed by atoms with Crippen LogP contribution in [0.15, 0.2) is 104 Å². The standard InChI is InChI=1S/C36H34N8O3/c1-24-40-35(31-19-27(32-7-5-6-18-37-32)20-39-34(31)42-28-12-17-33(47-4)38-21-28)43-36(41-24)44(22-25-8-13-29(45-2)14-9-25)23-26-10-15-30(46-3)16-11-26/h5-21H,22-23H2,1-4H3,(H,39,42). The van der Waals surface area contributed by atoms with Crippen molar-refractivity contribution in [1.82, 2.24) is 29.9 Å². The van der Waals surface area contributed by atoms with Crippen LogP contribution in [-0.4, -0.2) is 51.2 Å². The van der Waals surface area contributed by atoms with E-state index in [0.717, 1.165) is 39.6 Å². The van der Waals surface area contributed by atoms with Crippen LogP contribution in [0.25, 0.3) is 22.6 Å². The van der Waals surface area contributed by atoms with E-state index in [1.54, 1.807) is 46.0 Å². The maximum Gasteiger partial charge on any atom is 0.229 e. The Morgan fingerprint density at radius 2 is 1.38 bits per heavy atom. The van der Waals surface area contributed by atoms with Crippen molar-refractivity contribution in [3.63, 3.8) is 0 Å². The number of benzene rings is 2. The van der Waals surface area contributed by atoms with Crippen LogP contribution >= 0.6 is 0 Å². The lowest BCUT2D eigenvalue weighted by Crippen LogP contribution is -2.25. The quantitative estimate of drug-likeness (QED) is 0.157. The maximum absolute atomic E-state index is 5.38. The smallest absolute Gasteiger partial charge is 0.229 e. The number of aromatic nitrogens is 6. The summed E-state index contributed by atoms with van der Waals surface area (Å²) in [5.41, 5.74) is 5.18. The van der Waals surface area contributed by atoms with Gasteiger partial charge in [-0.05, 0) is 66.6 Å². The van der Waals surface area contributed by atoms with Crippen LogP contribution in [0.4, 0.5) is 17.5 Å². The lowest BCUT2D eigenvalue weighted by Gasteiger charge is -2.24. The highest BCUT2D eigenvalue weighted by Crippen LogP contribution is 2.32. The number of pyridine rings is 3. The van der Waals surface area contributed by atoms with Crippen molar-refractivity contribution in [3.8, 4) is 40.0 Å². The van der Waals surface area contributed by atoms with Gasteiger partial charge in [0.2, 0.25) is 11.8 Å². The highest BCUT2D eigenvalue weighted by molar-refractivity contribution is 5.79. The summed E-state index contributed by atoms with van der Waals surface area (Å²) in [5, 5.41) is 3.38. The largest absolute Gasteiger partial charge is 0.497 e. The van der Waals surface area contributed by atoms with Crippen molar-refractivity contribution in [2.45, 2.75) is 20.0 Å². The number of anilines is 3. The van der Waals surface area contributed by atoms with Crippen molar-refractivity contribution in [2.24, 2.45) is 0 Å². The van der Waals surface area contributed by atoms with Crippen molar-refractivity contribution >= 4 is 17.5 Å². The van der Waals surface area contributed by atoms with Crippen molar-refractivity contribution in [2.75, 3.05) is 31.5 Å². The van der Waals surface area contributed by atoms with E-state index in [1.165, 1.54) is 0 Å². The Kier molecular flexibility index (Phi) is 9.43. The van der Waals surface area contributed by atoms with Gasteiger partial charge < -0.3 is 24.4 Å². The molecule has 11 heteroatoms. The Bertz CT molecular complexity index is 1870. The third-order valence-electron chi connectivity index (χ3n) is 7.38. The highest BCUT2D eigenvalue weighted by Gasteiger charge is 2.19. The van der Waals surface area contributed by atoms with Crippen LogP contribution in [-0.2, 0) is 13.1 Å². The molecule has 4 heterocycles. The third kappa shape index (κ3) is 7.59. The molecule has 1 N–H and O–H groups in total. The number of nitrogens with one attached hydrogen (secondary N) is 1. The number of hydrogen-bond acceptors (Lipinski definition) is 11. The fourth-order valence-electron chi connectivity index (χ4n) is 4.95. The second-order valence-corrected chi connectivity index (χ2v) is 10.6. The minimum absolute atomic E-state index is 0.469. The van der Waals surface area contributed by atoms with Gasteiger partial charge in [0, 0.05) is 37.1 Å². The SMILES string of the molecule is COc1ccc(CN(Cc2ccc(OC)cc2)c2nc(C)nc(-c3cc(-c4ccccn4)cnc3Nc3ccc(OC)nc3)n2)cc1. The Morgan fingerprint density at radius 3 is 1.96 bits per heavy atom. The van der Waals surface area contributed by atoms with E-state index in [0.29, 0.717) is 47.9 Å². The van der Waals surface area contributed by atoms with E-state index in [4.69, 9.17) is 34.1 Å². The molecule has 4 aromatic heterocycles. The lowest BCUT2D eigenvalue weighted by molar-refractivity contribution is 0.398. The zero-order valence-corrected chi connectivity index (χ0v) is 26.6. The van der Waals surface area contributed by atoms with Gasteiger partial charge in [0.25, 0.3) is 0 Å². The zero-order valence-electron chi connectivity index (χ0n) is 26.6. The van der Waals surface area contributed by atoms with Crippen LogP contribution in [0.1, 0.15) is 17.0 Å². The summed E-state index contributed by atoms with van der Waals surface area (Å²) < 4.78 is 16.0. The molecule has 47 heavy (non-hydrogen) atoms. The molecule has 0 aliphatic heterocycles. The maximum atomic E-state index is 5.38. The first-order chi connectivity index (χ1) is 23.0. The van der Waals surface area contributed by atoms with Crippen LogP contribution in [0.2, 0.25) is 0 Å². The summed E-state index contributed by atoms with van der Waals surface area (Å²) in [6.07, 6.45) is 5.22. The molecule has 2 aromatic carbocycles. The molecule has 0 spiro atoms. The summed E-state index contributed by atoms with van der Waals surface area (Å²) in [4.78, 5) is 30.4. The topological polar surface area (TPSA) is 120 Å². The molecule has 0 unspecified atom stereocenters. The predicted octanol–water partition coefficient (Wildman–Crippen LogP) is 6.68. The van der Waals surface area contributed by atoms with Crippen LogP contribution in [0, 0.1) is 6.92 Å². The minimum Gasteiger partial charge on any atom is -0.497 e. The molecule has 0 atom stereocenters. The summed E-state index contributed by atoms with van der Waals surface area (Å²) in [7, 11) is 4.90. The van der Waals surface area contributed by atoms with E-state index in [1.807, 2.05) is 85.8 Å². The van der Waals surface area contributed by atoms with Gasteiger partial charge in [-0.1, -0.05) is 30.3 Å². The number of hydrogen-bond donors (Lipinski definition) is 1. The highest BCUT2D eigenvalue weighted by atomic mass is 16.5. The first-order valence-corrected chi connectivity index (χ1v) is 14.9. The number of nitrogens with zero attached hydrogens (tertiary/aromatic N) is 7. The van der Waals surface area contributed by atoms with Crippen molar-refractivity contribution in [3.05, 3.63) is 120 Å². The Hall–Kier alpha value is -6.10. The Morgan fingerprint density at radius 1 is 0.681 bits per heavy atom. The molecule has 0 saturated carbocycles. The fraction of sp³-hybridized carbons (Fsp3) is 0.167. The molecular formula is C36H34N8O3. The van der Waals surface area contributed by atoms with Gasteiger partial charge in [0.05, 0.1) is 44.5 Å². The molecule has 0 radical (unpaired) electrons. The van der Waals surface area contributed by atoms with Crippen molar-refractivity contribution in [1.29, 1.82) is 0 Å². The van der Waals surface area contributed by atoms with E-state index >= 15 is 0 Å². The van der Waals surface area contributed by atoms with Crippen LogP contribution in [0.5, 0.6) is 17.4 Å². The van der Waals surface area contributed by atoms with Gasteiger partial charge in [-0.15, -0.1) is 0 Å². The first-order valence-electron chi connectivity index (χ1n) is 14.9. The molecule has 0 aliphatic rings. The Balaban J connectivity index is 1.43. The molecule has 0 aliphatic carbocycles. The molecule has 0 amide bonds. The van der Waals surface area contributed by atoms with Crippen LogP contribution < -0.4 is 24.4 Å². The first kappa shape index (κ1) is 30.9. The molecule has 6 rings (SSSR count). The minimum atomic E-state index is 0.469. The summed E-state index contributed by atoms with van der Waals surface area (Å²) in [6.45, 7) is 2.96.